The molecular formula is C16H12ClN3. The minimum absolute atomic E-state index is 0.588. The highest BCUT2D eigenvalue weighted by Crippen LogP contribution is 2.28. The first kappa shape index (κ1) is 12.7. The van der Waals surface area contributed by atoms with Crippen molar-refractivity contribution in [1.82, 2.24) is 9.38 Å². The number of imidazole rings is 1. The number of benzene rings is 1. The van der Waals surface area contributed by atoms with Crippen LogP contribution in [0.2, 0.25) is 5.15 Å². The molecule has 3 rings (SSSR count). The van der Waals surface area contributed by atoms with Crippen LogP contribution in [0.1, 0.15) is 22.3 Å². The molecule has 0 N–H and O–H groups in total. The largest absolute Gasteiger partial charge is 0.289 e. The zero-order valence-corrected chi connectivity index (χ0v) is 11.7. The molecule has 2 heterocycles. The lowest BCUT2D eigenvalue weighted by Gasteiger charge is -2.12. The molecule has 0 aliphatic rings. The van der Waals surface area contributed by atoms with Crippen molar-refractivity contribution >= 4 is 17.2 Å². The van der Waals surface area contributed by atoms with E-state index >= 15 is 0 Å². The van der Waals surface area contributed by atoms with E-state index < -0.39 is 0 Å². The molecule has 4 heteroatoms. The normalized spacial score (nSPS) is 10.7. The Morgan fingerprint density at radius 2 is 2.05 bits per heavy atom. The van der Waals surface area contributed by atoms with Crippen molar-refractivity contribution in [1.29, 1.82) is 5.26 Å². The number of hydrogen-bond donors (Lipinski definition) is 0. The SMILES string of the molecule is Cc1c(Cc2ccccc2)c(Cl)n2ccnc2c1C#N. The molecule has 0 aliphatic heterocycles. The van der Waals surface area contributed by atoms with Crippen LogP contribution in [-0.2, 0) is 6.42 Å². The molecular weight excluding hydrogens is 270 g/mol. The van der Waals surface area contributed by atoms with Gasteiger partial charge in [-0.3, -0.25) is 4.40 Å². The molecule has 2 aromatic heterocycles. The van der Waals surface area contributed by atoms with Gasteiger partial charge in [0, 0.05) is 18.8 Å². The zero-order chi connectivity index (χ0) is 14.1. The quantitative estimate of drug-likeness (QED) is 0.671. The number of halogens is 1. The maximum absolute atomic E-state index is 9.37. The van der Waals surface area contributed by atoms with Crippen molar-refractivity contribution in [3.8, 4) is 6.07 Å². The van der Waals surface area contributed by atoms with Crippen molar-refractivity contribution in [3.05, 3.63) is 70.1 Å². The second-order valence-corrected chi connectivity index (χ2v) is 5.02. The maximum Gasteiger partial charge on any atom is 0.156 e. The second kappa shape index (κ2) is 4.99. The lowest BCUT2D eigenvalue weighted by atomic mass is 9.99. The maximum atomic E-state index is 9.37. The molecule has 0 bridgehead atoms. The van der Waals surface area contributed by atoms with Crippen LogP contribution in [0.25, 0.3) is 5.65 Å². The van der Waals surface area contributed by atoms with E-state index in [2.05, 4.69) is 23.2 Å². The van der Waals surface area contributed by atoms with Gasteiger partial charge in [0.05, 0.1) is 5.56 Å². The fourth-order valence-electron chi connectivity index (χ4n) is 2.40. The summed E-state index contributed by atoms with van der Waals surface area (Å²) < 4.78 is 1.77. The third-order valence-electron chi connectivity index (χ3n) is 3.49. The third kappa shape index (κ3) is 1.95. The topological polar surface area (TPSA) is 41.1 Å². The van der Waals surface area contributed by atoms with Crippen LogP contribution < -0.4 is 0 Å². The summed E-state index contributed by atoms with van der Waals surface area (Å²) in [5.41, 5.74) is 4.25. The second-order valence-electron chi connectivity index (χ2n) is 4.66. The molecule has 98 valence electrons. The van der Waals surface area contributed by atoms with Crippen LogP contribution in [-0.4, -0.2) is 9.38 Å². The lowest BCUT2D eigenvalue weighted by molar-refractivity contribution is 1.06. The van der Waals surface area contributed by atoms with Gasteiger partial charge in [0.2, 0.25) is 0 Å². The van der Waals surface area contributed by atoms with E-state index in [0.717, 1.165) is 11.1 Å². The summed E-state index contributed by atoms with van der Waals surface area (Å²) in [6.45, 7) is 1.93. The molecule has 0 atom stereocenters. The Labute approximate surface area is 122 Å². The molecule has 0 unspecified atom stereocenters. The van der Waals surface area contributed by atoms with Crippen LogP contribution >= 0.6 is 11.6 Å². The van der Waals surface area contributed by atoms with Crippen molar-refractivity contribution in [2.45, 2.75) is 13.3 Å². The Bertz CT molecular complexity index is 813. The first-order chi connectivity index (χ1) is 9.72. The molecule has 0 fully saturated rings. The van der Waals surface area contributed by atoms with Crippen LogP contribution in [0.15, 0.2) is 42.7 Å². The summed E-state index contributed by atoms with van der Waals surface area (Å²) in [5.74, 6) is 0. The molecule has 0 aliphatic carbocycles. The number of nitriles is 1. The van der Waals surface area contributed by atoms with E-state index in [4.69, 9.17) is 11.6 Å². The van der Waals surface area contributed by atoms with Crippen molar-refractivity contribution in [2.24, 2.45) is 0 Å². The fourth-order valence-corrected chi connectivity index (χ4v) is 2.75. The van der Waals surface area contributed by atoms with Crippen LogP contribution in [0, 0.1) is 18.3 Å². The number of aromatic nitrogens is 2. The van der Waals surface area contributed by atoms with E-state index in [0.29, 0.717) is 22.8 Å². The summed E-state index contributed by atoms with van der Waals surface area (Å²) in [4.78, 5) is 4.22. The Kier molecular flexibility index (Phi) is 3.17. The summed E-state index contributed by atoms with van der Waals surface area (Å²) in [7, 11) is 0. The summed E-state index contributed by atoms with van der Waals surface area (Å²) >= 11 is 6.48. The first-order valence-electron chi connectivity index (χ1n) is 6.30. The molecule has 1 aromatic carbocycles. The first-order valence-corrected chi connectivity index (χ1v) is 6.68. The van der Waals surface area contributed by atoms with E-state index in [-0.39, 0.29) is 0 Å². The van der Waals surface area contributed by atoms with Gasteiger partial charge in [-0.15, -0.1) is 0 Å². The summed E-state index contributed by atoms with van der Waals surface area (Å²) in [6, 6.07) is 12.3. The number of fused-ring (bicyclic) bond motifs is 1. The number of pyridine rings is 1. The highest BCUT2D eigenvalue weighted by molar-refractivity contribution is 6.30. The van der Waals surface area contributed by atoms with E-state index in [1.165, 1.54) is 5.56 Å². The monoisotopic (exact) mass is 281 g/mol. The molecule has 0 saturated carbocycles. The van der Waals surface area contributed by atoms with Gasteiger partial charge >= 0.3 is 0 Å². The average molecular weight is 282 g/mol. The van der Waals surface area contributed by atoms with Crippen LogP contribution in [0.4, 0.5) is 0 Å². The standard InChI is InChI=1S/C16H12ClN3/c1-11-13(9-12-5-3-2-4-6-12)15(17)20-8-7-19-16(20)14(11)10-18/h2-8H,9H2,1H3. The van der Waals surface area contributed by atoms with Gasteiger partial charge in [-0.1, -0.05) is 41.9 Å². The summed E-state index contributed by atoms with van der Waals surface area (Å²) in [6.07, 6.45) is 4.15. The fraction of sp³-hybridized carbons (Fsp3) is 0.125. The number of nitrogens with zero attached hydrogens (tertiary/aromatic N) is 3. The molecule has 20 heavy (non-hydrogen) atoms. The van der Waals surface area contributed by atoms with E-state index in [1.807, 2.05) is 25.1 Å². The van der Waals surface area contributed by atoms with Crippen molar-refractivity contribution < 1.29 is 0 Å². The molecule has 3 aromatic rings. The predicted octanol–water partition coefficient (Wildman–Crippen LogP) is 3.76. The third-order valence-corrected chi connectivity index (χ3v) is 3.90. The van der Waals surface area contributed by atoms with Gasteiger partial charge in [0.25, 0.3) is 0 Å². The molecule has 0 amide bonds. The molecule has 3 nitrogen and oxygen atoms in total. The van der Waals surface area contributed by atoms with Crippen molar-refractivity contribution in [3.63, 3.8) is 0 Å². The van der Waals surface area contributed by atoms with Gasteiger partial charge in [-0.05, 0) is 23.6 Å². The Balaban J connectivity index is 2.23. The van der Waals surface area contributed by atoms with E-state index in [1.54, 1.807) is 16.8 Å². The highest BCUT2D eigenvalue weighted by atomic mass is 35.5. The smallest absolute Gasteiger partial charge is 0.156 e. The summed E-state index contributed by atoms with van der Waals surface area (Å²) in [5, 5.41) is 9.99. The van der Waals surface area contributed by atoms with Crippen LogP contribution in [0.5, 0.6) is 0 Å². The average Bonchev–Trinajstić information content (AvgIpc) is 2.94. The minimum Gasteiger partial charge on any atom is -0.289 e. The van der Waals surface area contributed by atoms with Gasteiger partial charge in [0.1, 0.15) is 11.2 Å². The lowest BCUT2D eigenvalue weighted by Crippen LogP contribution is -2.02. The minimum atomic E-state index is 0.588. The van der Waals surface area contributed by atoms with Gasteiger partial charge in [-0.25, -0.2) is 4.98 Å². The van der Waals surface area contributed by atoms with Gasteiger partial charge < -0.3 is 0 Å². The predicted molar refractivity (Wildman–Crippen MR) is 78.9 cm³/mol. The molecule has 0 radical (unpaired) electrons. The van der Waals surface area contributed by atoms with Gasteiger partial charge in [-0.2, -0.15) is 5.26 Å². The van der Waals surface area contributed by atoms with Crippen LogP contribution in [0.3, 0.4) is 0 Å². The van der Waals surface area contributed by atoms with E-state index in [9.17, 15) is 5.26 Å². The number of hydrogen-bond acceptors (Lipinski definition) is 2. The Morgan fingerprint density at radius 3 is 2.75 bits per heavy atom. The van der Waals surface area contributed by atoms with Gasteiger partial charge in [0.15, 0.2) is 5.65 Å². The molecule has 0 saturated heterocycles. The highest BCUT2D eigenvalue weighted by Gasteiger charge is 2.16. The number of rotatable bonds is 2. The Hall–Kier alpha value is -2.31. The van der Waals surface area contributed by atoms with Crippen molar-refractivity contribution in [2.75, 3.05) is 0 Å². The molecule has 0 spiro atoms. The zero-order valence-electron chi connectivity index (χ0n) is 11.0. The Morgan fingerprint density at radius 1 is 1.30 bits per heavy atom.